The summed E-state index contributed by atoms with van der Waals surface area (Å²) in [5.41, 5.74) is 0.822. The molecule has 1 fully saturated rings. The number of hydrogen-bond acceptors (Lipinski definition) is 5. The number of morpholine rings is 1. The Morgan fingerprint density at radius 3 is 2.32 bits per heavy atom. The van der Waals surface area contributed by atoms with Gasteiger partial charge < -0.3 is 20.3 Å². The molecule has 2 aromatic carbocycles. The first kappa shape index (κ1) is 23.8. The number of thiophene rings is 1. The molecule has 0 saturated carbocycles. The van der Waals surface area contributed by atoms with Gasteiger partial charge in [0.15, 0.2) is 0 Å². The summed E-state index contributed by atoms with van der Waals surface area (Å²) >= 11 is 1.27. The summed E-state index contributed by atoms with van der Waals surface area (Å²) in [7, 11) is 0. The Balaban J connectivity index is 1.69. The minimum absolute atomic E-state index is 0.0853. The summed E-state index contributed by atoms with van der Waals surface area (Å²) in [5, 5.41) is 5.91. The van der Waals surface area contributed by atoms with Crippen LogP contribution < -0.4 is 15.5 Å². The molecule has 0 aliphatic carbocycles. The number of ether oxygens (including phenoxy) is 1. The summed E-state index contributed by atoms with van der Waals surface area (Å²) in [6.45, 7) is 3.71. The van der Waals surface area contributed by atoms with Gasteiger partial charge in [0.2, 0.25) is 5.91 Å². The van der Waals surface area contributed by atoms with Crippen LogP contribution in [0.3, 0.4) is 0 Å². The van der Waals surface area contributed by atoms with Crippen LogP contribution in [-0.2, 0) is 15.7 Å². The average Bonchev–Trinajstić information content (AvgIpc) is 3.26. The van der Waals surface area contributed by atoms with Crippen LogP contribution in [-0.4, -0.2) is 38.1 Å². The number of hydrogen-bond donors (Lipinski definition) is 2. The predicted octanol–water partition coefficient (Wildman–Crippen LogP) is 5.48. The largest absolute Gasteiger partial charge is 0.416 e. The monoisotopic (exact) mass is 489 g/mol. The van der Waals surface area contributed by atoms with Gasteiger partial charge in [0.25, 0.3) is 5.91 Å². The fourth-order valence-corrected chi connectivity index (χ4v) is 4.75. The number of carbonyl (C=O) groups excluding carboxylic acids is 2. The lowest BCUT2D eigenvalue weighted by molar-refractivity contribution is -0.137. The van der Waals surface area contributed by atoms with E-state index in [1.54, 1.807) is 6.07 Å². The van der Waals surface area contributed by atoms with Gasteiger partial charge in [-0.05, 0) is 29.8 Å². The van der Waals surface area contributed by atoms with E-state index in [1.807, 2.05) is 30.3 Å². The standard InChI is InChI=1S/C24H22F3N3O3S/c1-15(31)28-19-8-7-17(24(25,26)27)13-20(19)29-22(32)21-14-18(16-5-3-2-4-6-16)23(34-21)30-9-11-33-12-10-30/h2-8,13-14H,9-12H2,1H3,(H,28,31)(H,29,32). The number of nitrogens with zero attached hydrogens (tertiary/aromatic N) is 1. The first-order valence-electron chi connectivity index (χ1n) is 10.5. The summed E-state index contributed by atoms with van der Waals surface area (Å²) in [5.74, 6) is -1.03. The van der Waals surface area contributed by atoms with Gasteiger partial charge in [0.05, 0.1) is 40.0 Å². The van der Waals surface area contributed by atoms with Crippen molar-refractivity contribution in [3.8, 4) is 11.1 Å². The zero-order chi connectivity index (χ0) is 24.3. The number of alkyl halides is 3. The van der Waals surface area contributed by atoms with Crippen LogP contribution in [0.1, 0.15) is 22.2 Å². The van der Waals surface area contributed by atoms with Crippen LogP contribution in [0.4, 0.5) is 29.5 Å². The predicted molar refractivity (Wildman–Crippen MR) is 126 cm³/mol. The molecule has 0 unspecified atom stereocenters. The van der Waals surface area contributed by atoms with E-state index in [-0.39, 0.29) is 11.4 Å². The maximum Gasteiger partial charge on any atom is 0.416 e. The Morgan fingerprint density at radius 2 is 1.68 bits per heavy atom. The second kappa shape index (κ2) is 9.86. The molecule has 6 nitrogen and oxygen atoms in total. The molecule has 1 aliphatic rings. The molecule has 0 atom stereocenters. The van der Waals surface area contributed by atoms with Crippen LogP contribution in [0.2, 0.25) is 0 Å². The fraction of sp³-hybridized carbons (Fsp3) is 0.250. The normalized spacial score (nSPS) is 14.1. The number of rotatable bonds is 5. The van der Waals surface area contributed by atoms with E-state index < -0.39 is 23.6 Å². The van der Waals surface area contributed by atoms with Crippen molar-refractivity contribution >= 4 is 39.5 Å². The highest BCUT2D eigenvalue weighted by atomic mass is 32.1. The minimum atomic E-state index is -4.60. The van der Waals surface area contributed by atoms with Gasteiger partial charge in [-0.25, -0.2) is 0 Å². The molecular formula is C24H22F3N3O3S. The lowest BCUT2D eigenvalue weighted by atomic mass is 10.1. The van der Waals surface area contributed by atoms with E-state index in [1.165, 1.54) is 18.3 Å². The minimum Gasteiger partial charge on any atom is -0.378 e. The van der Waals surface area contributed by atoms with E-state index >= 15 is 0 Å². The average molecular weight is 490 g/mol. The second-order valence-corrected chi connectivity index (χ2v) is 8.72. The van der Waals surface area contributed by atoms with Crippen LogP contribution in [0.15, 0.2) is 54.6 Å². The van der Waals surface area contributed by atoms with Crippen LogP contribution in [0.25, 0.3) is 11.1 Å². The highest BCUT2D eigenvalue weighted by Crippen LogP contribution is 2.40. The molecule has 0 spiro atoms. The molecule has 10 heteroatoms. The number of amides is 2. The first-order chi connectivity index (χ1) is 16.2. The maximum absolute atomic E-state index is 13.3. The molecule has 4 rings (SSSR count). The van der Waals surface area contributed by atoms with Crippen molar-refractivity contribution in [1.82, 2.24) is 0 Å². The van der Waals surface area contributed by atoms with E-state index in [4.69, 9.17) is 4.74 Å². The summed E-state index contributed by atoms with van der Waals surface area (Å²) in [4.78, 5) is 27.2. The number of benzene rings is 2. The van der Waals surface area contributed by atoms with Gasteiger partial charge in [-0.3, -0.25) is 9.59 Å². The van der Waals surface area contributed by atoms with Gasteiger partial charge in [0, 0.05) is 25.6 Å². The third-order valence-corrected chi connectivity index (χ3v) is 6.42. The van der Waals surface area contributed by atoms with Gasteiger partial charge in [0.1, 0.15) is 0 Å². The second-order valence-electron chi connectivity index (χ2n) is 7.69. The van der Waals surface area contributed by atoms with E-state index in [2.05, 4.69) is 15.5 Å². The highest BCUT2D eigenvalue weighted by molar-refractivity contribution is 7.18. The van der Waals surface area contributed by atoms with Crippen molar-refractivity contribution in [3.63, 3.8) is 0 Å². The van der Waals surface area contributed by atoms with E-state index in [0.29, 0.717) is 31.2 Å². The Hall–Kier alpha value is -3.37. The van der Waals surface area contributed by atoms with Gasteiger partial charge in [-0.15, -0.1) is 11.3 Å². The summed E-state index contributed by atoms with van der Waals surface area (Å²) < 4.78 is 45.2. The Kier molecular flexibility index (Phi) is 6.90. The van der Waals surface area contributed by atoms with Crippen molar-refractivity contribution in [2.24, 2.45) is 0 Å². The fourth-order valence-electron chi connectivity index (χ4n) is 3.63. The molecule has 1 saturated heterocycles. The zero-order valence-electron chi connectivity index (χ0n) is 18.2. The molecular weight excluding hydrogens is 467 g/mol. The Morgan fingerprint density at radius 1 is 0.971 bits per heavy atom. The SMILES string of the molecule is CC(=O)Nc1ccc(C(F)(F)F)cc1NC(=O)c1cc(-c2ccccc2)c(N2CCOCC2)s1. The lowest BCUT2D eigenvalue weighted by Gasteiger charge is -2.28. The van der Waals surface area contributed by atoms with Crippen molar-refractivity contribution < 1.29 is 27.5 Å². The lowest BCUT2D eigenvalue weighted by Crippen LogP contribution is -2.35. The first-order valence-corrected chi connectivity index (χ1v) is 11.4. The Labute approximate surface area is 198 Å². The molecule has 3 aromatic rings. The third kappa shape index (κ3) is 5.40. The molecule has 0 bridgehead atoms. The van der Waals surface area contributed by atoms with Crippen LogP contribution >= 0.6 is 11.3 Å². The molecule has 2 amide bonds. The smallest absolute Gasteiger partial charge is 0.378 e. The van der Waals surface area contributed by atoms with Crippen molar-refractivity contribution in [2.75, 3.05) is 41.8 Å². The summed E-state index contributed by atoms with van der Waals surface area (Å²) in [6.07, 6.45) is -4.60. The number of halogens is 3. The Bertz CT molecular complexity index is 1190. The topological polar surface area (TPSA) is 70.7 Å². The number of anilines is 3. The van der Waals surface area contributed by atoms with Gasteiger partial charge >= 0.3 is 6.18 Å². The van der Waals surface area contributed by atoms with Crippen molar-refractivity contribution in [2.45, 2.75) is 13.1 Å². The zero-order valence-corrected chi connectivity index (χ0v) is 19.1. The third-order valence-electron chi connectivity index (χ3n) is 5.23. The number of nitrogens with one attached hydrogen (secondary N) is 2. The highest BCUT2D eigenvalue weighted by Gasteiger charge is 2.31. The molecule has 1 aliphatic heterocycles. The molecule has 178 valence electrons. The quantitative estimate of drug-likeness (QED) is 0.498. The van der Waals surface area contributed by atoms with Gasteiger partial charge in [-0.2, -0.15) is 13.2 Å². The van der Waals surface area contributed by atoms with E-state index in [0.717, 1.165) is 34.3 Å². The van der Waals surface area contributed by atoms with Crippen LogP contribution in [0.5, 0.6) is 0 Å². The number of carbonyl (C=O) groups is 2. The van der Waals surface area contributed by atoms with E-state index in [9.17, 15) is 22.8 Å². The molecule has 1 aromatic heterocycles. The van der Waals surface area contributed by atoms with Crippen LogP contribution in [0, 0.1) is 0 Å². The maximum atomic E-state index is 13.3. The molecule has 2 N–H and O–H groups in total. The summed E-state index contributed by atoms with van der Waals surface area (Å²) in [6, 6.07) is 14.1. The van der Waals surface area contributed by atoms with Gasteiger partial charge in [-0.1, -0.05) is 30.3 Å². The molecule has 0 radical (unpaired) electrons. The molecule has 2 heterocycles. The van der Waals surface area contributed by atoms with Crippen molar-refractivity contribution in [1.29, 1.82) is 0 Å². The molecule has 34 heavy (non-hydrogen) atoms. The van der Waals surface area contributed by atoms with Crippen molar-refractivity contribution in [3.05, 3.63) is 65.0 Å².